The van der Waals surface area contributed by atoms with Gasteiger partial charge in [-0.05, 0) is 60.7 Å². The second-order valence-corrected chi connectivity index (χ2v) is 5.23. The Kier molecular flexibility index (Phi) is 4.66. The highest BCUT2D eigenvalue weighted by Gasteiger charge is 2.14. The Morgan fingerprint density at radius 3 is 1.88 bits per heavy atom. The topological polar surface area (TPSA) is 43.4 Å². The van der Waals surface area contributed by atoms with E-state index in [9.17, 15) is 18.4 Å². The second-order valence-electron chi connectivity index (χ2n) is 5.23. The lowest BCUT2D eigenvalue weighted by molar-refractivity contribution is 0.0730. The predicted molar refractivity (Wildman–Crippen MR) is 87.6 cm³/mol. The van der Waals surface area contributed by atoms with Crippen molar-refractivity contribution in [2.24, 2.45) is 0 Å². The highest BCUT2D eigenvalue weighted by molar-refractivity contribution is 6.09. The Morgan fingerprint density at radius 2 is 1.28 bits per heavy atom. The minimum absolute atomic E-state index is 0.172. The molecule has 0 heterocycles. The molecule has 3 aromatic rings. The minimum Gasteiger partial charge on any atom is -0.423 e. The molecule has 0 N–H and O–H groups in total. The molecule has 0 saturated carbocycles. The molecule has 0 aliphatic rings. The third-order valence-corrected chi connectivity index (χ3v) is 3.53. The van der Waals surface area contributed by atoms with E-state index in [4.69, 9.17) is 4.74 Å². The van der Waals surface area contributed by atoms with Gasteiger partial charge in [-0.15, -0.1) is 0 Å². The van der Waals surface area contributed by atoms with Crippen LogP contribution in [0.1, 0.15) is 26.3 Å². The molecular weight excluding hydrogens is 326 g/mol. The number of esters is 1. The van der Waals surface area contributed by atoms with E-state index in [1.54, 1.807) is 0 Å². The zero-order valence-electron chi connectivity index (χ0n) is 12.9. The van der Waals surface area contributed by atoms with Crippen LogP contribution in [0, 0.1) is 11.6 Å². The first-order valence-corrected chi connectivity index (χ1v) is 7.41. The van der Waals surface area contributed by atoms with Crippen LogP contribution in [0.3, 0.4) is 0 Å². The average molecular weight is 338 g/mol. The van der Waals surface area contributed by atoms with E-state index in [1.807, 2.05) is 0 Å². The van der Waals surface area contributed by atoms with Gasteiger partial charge in [0, 0.05) is 11.1 Å². The standard InChI is InChI=1S/C20H12F2O3/c21-15-9-5-13(6-10-15)19(23)14-7-11-16(12-8-14)25-20(24)17-3-1-2-4-18(17)22/h1-12H. The van der Waals surface area contributed by atoms with Crippen LogP contribution in [0.2, 0.25) is 0 Å². The largest absolute Gasteiger partial charge is 0.423 e. The van der Waals surface area contributed by atoms with Crippen molar-refractivity contribution >= 4 is 11.8 Å². The number of ketones is 1. The summed E-state index contributed by atoms with van der Waals surface area (Å²) < 4.78 is 31.6. The summed E-state index contributed by atoms with van der Waals surface area (Å²) in [7, 11) is 0. The Morgan fingerprint density at radius 1 is 0.720 bits per heavy atom. The Labute approximate surface area is 142 Å². The highest BCUT2D eigenvalue weighted by Crippen LogP contribution is 2.18. The molecule has 0 amide bonds. The Balaban J connectivity index is 1.74. The molecule has 0 aliphatic carbocycles. The quantitative estimate of drug-likeness (QED) is 0.402. The first-order chi connectivity index (χ1) is 12.0. The van der Waals surface area contributed by atoms with E-state index in [-0.39, 0.29) is 17.1 Å². The second kappa shape index (κ2) is 7.05. The number of halogens is 2. The van der Waals surface area contributed by atoms with Crippen molar-refractivity contribution in [3.63, 3.8) is 0 Å². The molecule has 0 bridgehead atoms. The van der Waals surface area contributed by atoms with Gasteiger partial charge in [-0.25, -0.2) is 13.6 Å². The van der Waals surface area contributed by atoms with Gasteiger partial charge in [-0.2, -0.15) is 0 Å². The number of benzene rings is 3. The molecule has 124 valence electrons. The molecule has 0 atom stereocenters. The lowest BCUT2D eigenvalue weighted by Gasteiger charge is -2.06. The lowest BCUT2D eigenvalue weighted by atomic mass is 10.0. The maximum atomic E-state index is 13.6. The van der Waals surface area contributed by atoms with Crippen LogP contribution in [0.25, 0.3) is 0 Å². The van der Waals surface area contributed by atoms with Crippen LogP contribution >= 0.6 is 0 Å². The zero-order valence-corrected chi connectivity index (χ0v) is 12.9. The highest BCUT2D eigenvalue weighted by atomic mass is 19.1. The monoisotopic (exact) mass is 338 g/mol. The van der Waals surface area contributed by atoms with Gasteiger partial charge >= 0.3 is 5.97 Å². The van der Waals surface area contributed by atoms with Gasteiger partial charge in [0.05, 0.1) is 5.56 Å². The summed E-state index contributed by atoms with van der Waals surface area (Å²) in [6.07, 6.45) is 0. The first kappa shape index (κ1) is 16.5. The average Bonchev–Trinajstić information content (AvgIpc) is 2.63. The van der Waals surface area contributed by atoms with E-state index in [2.05, 4.69) is 0 Å². The van der Waals surface area contributed by atoms with Crippen molar-refractivity contribution in [1.82, 2.24) is 0 Å². The van der Waals surface area contributed by atoms with Crippen LogP contribution < -0.4 is 4.74 Å². The molecule has 0 aromatic heterocycles. The van der Waals surface area contributed by atoms with Crippen molar-refractivity contribution in [2.75, 3.05) is 0 Å². The van der Waals surface area contributed by atoms with Gasteiger partial charge < -0.3 is 4.74 Å². The SMILES string of the molecule is O=C(c1ccc(F)cc1)c1ccc(OC(=O)c2ccccc2F)cc1. The molecule has 0 saturated heterocycles. The van der Waals surface area contributed by atoms with E-state index in [0.29, 0.717) is 11.1 Å². The van der Waals surface area contributed by atoms with E-state index >= 15 is 0 Å². The van der Waals surface area contributed by atoms with Crippen molar-refractivity contribution in [2.45, 2.75) is 0 Å². The maximum absolute atomic E-state index is 13.6. The maximum Gasteiger partial charge on any atom is 0.346 e. The van der Waals surface area contributed by atoms with Crippen molar-refractivity contribution in [3.8, 4) is 5.75 Å². The third-order valence-electron chi connectivity index (χ3n) is 3.53. The smallest absolute Gasteiger partial charge is 0.346 e. The number of carbonyl (C=O) groups is 2. The van der Waals surface area contributed by atoms with Crippen LogP contribution in [0.15, 0.2) is 72.8 Å². The van der Waals surface area contributed by atoms with Crippen molar-refractivity contribution < 1.29 is 23.1 Å². The molecule has 0 unspecified atom stereocenters. The van der Waals surface area contributed by atoms with Crippen LogP contribution in [0.5, 0.6) is 5.75 Å². The fourth-order valence-corrected chi connectivity index (χ4v) is 2.23. The number of carbonyl (C=O) groups excluding carboxylic acids is 2. The summed E-state index contributed by atoms with van der Waals surface area (Å²) in [5.74, 6) is -2.02. The van der Waals surface area contributed by atoms with Gasteiger partial charge in [0.1, 0.15) is 17.4 Å². The number of hydrogen-bond donors (Lipinski definition) is 0. The van der Waals surface area contributed by atoms with Gasteiger partial charge in [-0.1, -0.05) is 12.1 Å². The van der Waals surface area contributed by atoms with E-state index in [1.165, 1.54) is 72.8 Å². The van der Waals surface area contributed by atoms with E-state index < -0.39 is 17.6 Å². The Hall–Kier alpha value is -3.34. The molecule has 3 aromatic carbocycles. The molecule has 0 fully saturated rings. The summed E-state index contributed by atoms with van der Waals surface area (Å²) in [6.45, 7) is 0. The normalized spacial score (nSPS) is 10.3. The number of hydrogen-bond acceptors (Lipinski definition) is 3. The Bertz CT molecular complexity index is 916. The molecule has 5 heteroatoms. The van der Waals surface area contributed by atoms with Gasteiger partial charge in [0.2, 0.25) is 0 Å². The van der Waals surface area contributed by atoms with Crippen molar-refractivity contribution in [1.29, 1.82) is 0 Å². The molecule has 3 nitrogen and oxygen atoms in total. The third kappa shape index (κ3) is 3.77. The van der Waals surface area contributed by atoms with Gasteiger partial charge in [0.25, 0.3) is 0 Å². The predicted octanol–water partition coefficient (Wildman–Crippen LogP) is 4.42. The van der Waals surface area contributed by atoms with Crippen molar-refractivity contribution in [3.05, 3.63) is 101 Å². The zero-order chi connectivity index (χ0) is 17.8. The molecule has 25 heavy (non-hydrogen) atoms. The first-order valence-electron chi connectivity index (χ1n) is 7.41. The number of rotatable bonds is 4. The lowest BCUT2D eigenvalue weighted by Crippen LogP contribution is -2.10. The van der Waals surface area contributed by atoms with Crippen LogP contribution in [-0.4, -0.2) is 11.8 Å². The summed E-state index contributed by atoms with van der Waals surface area (Å²) in [5.41, 5.74) is 0.531. The summed E-state index contributed by atoms with van der Waals surface area (Å²) in [6, 6.07) is 16.5. The van der Waals surface area contributed by atoms with E-state index in [0.717, 1.165) is 0 Å². The van der Waals surface area contributed by atoms with Crippen LogP contribution in [-0.2, 0) is 0 Å². The fourth-order valence-electron chi connectivity index (χ4n) is 2.23. The van der Waals surface area contributed by atoms with Gasteiger partial charge in [0.15, 0.2) is 5.78 Å². The summed E-state index contributed by atoms with van der Waals surface area (Å²) >= 11 is 0. The summed E-state index contributed by atoms with van der Waals surface area (Å²) in [5, 5.41) is 0. The van der Waals surface area contributed by atoms with Gasteiger partial charge in [-0.3, -0.25) is 4.79 Å². The molecule has 0 radical (unpaired) electrons. The molecule has 0 spiro atoms. The fraction of sp³-hybridized carbons (Fsp3) is 0. The summed E-state index contributed by atoms with van der Waals surface area (Å²) in [4.78, 5) is 24.2. The molecule has 3 rings (SSSR count). The van der Waals surface area contributed by atoms with Crippen LogP contribution in [0.4, 0.5) is 8.78 Å². The minimum atomic E-state index is -0.823. The molecular formula is C20H12F2O3. The number of ether oxygens (including phenoxy) is 1. The molecule has 0 aliphatic heterocycles.